The van der Waals surface area contributed by atoms with Crippen LogP contribution in [0.4, 0.5) is 0 Å². The van der Waals surface area contributed by atoms with E-state index < -0.39 is 0 Å². The van der Waals surface area contributed by atoms with Gasteiger partial charge in [0.2, 0.25) is 0 Å². The average molecular weight is 333 g/mol. The quantitative estimate of drug-likeness (QED) is 0.527. The number of benzene rings is 1. The number of hydrogen-bond donors (Lipinski definition) is 0. The van der Waals surface area contributed by atoms with Crippen molar-refractivity contribution < 1.29 is 9.53 Å². The molecule has 2 rings (SSSR count). The van der Waals surface area contributed by atoms with E-state index in [0.717, 1.165) is 17.0 Å². The van der Waals surface area contributed by atoms with E-state index in [1.165, 1.54) is 5.57 Å². The molecule has 0 saturated heterocycles. The third kappa shape index (κ3) is 4.48. The Hall–Kier alpha value is -1.54. The van der Waals surface area contributed by atoms with Gasteiger partial charge in [-0.15, -0.1) is 0 Å². The molecule has 0 amide bonds. The monoisotopic (exact) mass is 332 g/mol. The van der Waals surface area contributed by atoms with Gasteiger partial charge in [-0.3, -0.25) is 4.79 Å². The molecular weight excluding hydrogens is 308 g/mol. The zero-order chi connectivity index (χ0) is 17.0. The molecule has 2 nitrogen and oxygen atoms in total. The molecule has 0 N–H and O–H groups in total. The van der Waals surface area contributed by atoms with Crippen molar-refractivity contribution in [2.75, 3.05) is 6.61 Å². The van der Waals surface area contributed by atoms with E-state index >= 15 is 0 Å². The van der Waals surface area contributed by atoms with Gasteiger partial charge in [0.1, 0.15) is 6.61 Å². The maximum Gasteiger partial charge on any atom is 0.310 e. The summed E-state index contributed by atoms with van der Waals surface area (Å²) in [5, 5.41) is 0.762. The van der Waals surface area contributed by atoms with E-state index in [0.29, 0.717) is 12.5 Å². The SMILES string of the molecule is CC(C)=CC1C(C(=O)OCC=CCc2ccccc2Cl)C1(C)C. The second kappa shape index (κ2) is 7.35. The molecule has 0 aliphatic heterocycles. The van der Waals surface area contributed by atoms with Gasteiger partial charge < -0.3 is 4.74 Å². The molecule has 3 heteroatoms. The molecule has 23 heavy (non-hydrogen) atoms. The Labute approximate surface area is 144 Å². The first-order valence-electron chi connectivity index (χ1n) is 8.04. The minimum atomic E-state index is -0.0973. The maximum absolute atomic E-state index is 12.2. The highest BCUT2D eigenvalue weighted by atomic mass is 35.5. The van der Waals surface area contributed by atoms with E-state index in [2.05, 4.69) is 33.8 Å². The van der Waals surface area contributed by atoms with Gasteiger partial charge in [0.25, 0.3) is 0 Å². The molecular formula is C20H25ClO2. The van der Waals surface area contributed by atoms with Crippen molar-refractivity contribution >= 4 is 17.6 Å². The van der Waals surface area contributed by atoms with E-state index in [-0.39, 0.29) is 17.3 Å². The predicted octanol–water partition coefficient (Wildman–Crippen LogP) is 5.22. The van der Waals surface area contributed by atoms with Gasteiger partial charge in [0.15, 0.2) is 0 Å². The number of halogens is 1. The summed E-state index contributed by atoms with van der Waals surface area (Å²) in [7, 11) is 0. The summed E-state index contributed by atoms with van der Waals surface area (Å²) in [5.41, 5.74) is 2.33. The van der Waals surface area contributed by atoms with Gasteiger partial charge in [0, 0.05) is 5.02 Å². The van der Waals surface area contributed by atoms with Gasteiger partial charge in [-0.25, -0.2) is 0 Å². The summed E-state index contributed by atoms with van der Waals surface area (Å²) >= 11 is 6.10. The van der Waals surface area contributed by atoms with Crippen LogP contribution in [0.3, 0.4) is 0 Å². The first-order chi connectivity index (χ1) is 10.8. The zero-order valence-electron chi connectivity index (χ0n) is 14.3. The number of carbonyl (C=O) groups excluding carboxylic acids is 1. The number of rotatable bonds is 6. The van der Waals surface area contributed by atoms with Crippen molar-refractivity contribution in [3.8, 4) is 0 Å². The molecule has 1 aliphatic rings. The van der Waals surface area contributed by atoms with Crippen LogP contribution in [0.25, 0.3) is 0 Å². The summed E-state index contributed by atoms with van der Waals surface area (Å²) in [6, 6.07) is 7.75. The summed E-state index contributed by atoms with van der Waals surface area (Å²) in [4.78, 5) is 12.2. The molecule has 2 unspecified atom stereocenters. The fourth-order valence-electron chi connectivity index (χ4n) is 2.96. The van der Waals surface area contributed by atoms with Crippen LogP contribution in [-0.4, -0.2) is 12.6 Å². The fourth-order valence-corrected chi connectivity index (χ4v) is 3.17. The number of carbonyl (C=O) groups is 1. The molecule has 2 atom stereocenters. The molecule has 1 aromatic carbocycles. The molecule has 1 saturated carbocycles. The van der Waals surface area contributed by atoms with Crippen molar-refractivity contribution in [3.05, 3.63) is 58.7 Å². The van der Waals surface area contributed by atoms with Crippen molar-refractivity contribution in [1.29, 1.82) is 0 Å². The normalized spacial score (nSPS) is 22.0. The minimum absolute atomic E-state index is 0.00956. The predicted molar refractivity (Wildman–Crippen MR) is 95.4 cm³/mol. The van der Waals surface area contributed by atoms with Crippen LogP contribution in [0, 0.1) is 17.3 Å². The van der Waals surface area contributed by atoms with E-state index in [4.69, 9.17) is 16.3 Å². The molecule has 1 aliphatic carbocycles. The van der Waals surface area contributed by atoms with E-state index in [1.54, 1.807) is 0 Å². The number of hydrogen-bond acceptors (Lipinski definition) is 2. The lowest BCUT2D eigenvalue weighted by Gasteiger charge is -2.03. The summed E-state index contributed by atoms with van der Waals surface area (Å²) in [5.74, 6) is 0.182. The standard InChI is InChI=1S/C20H25ClO2/c1-14(2)13-16-18(20(16,3)4)19(22)23-12-8-7-10-15-9-5-6-11-17(15)21/h5-9,11,13,16,18H,10,12H2,1-4H3. The Morgan fingerprint density at radius 2 is 1.96 bits per heavy atom. The Bertz CT molecular complexity index is 624. The summed E-state index contributed by atoms with van der Waals surface area (Å²) in [6.07, 6.45) is 6.79. The van der Waals surface area contributed by atoms with Crippen molar-refractivity contribution in [2.45, 2.75) is 34.1 Å². The topological polar surface area (TPSA) is 26.3 Å². The highest BCUT2D eigenvalue weighted by molar-refractivity contribution is 6.31. The van der Waals surface area contributed by atoms with Gasteiger partial charge in [-0.05, 0) is 43.2 Å². The van der Waals surface area contributed by atoms with Crippen LogP contribution in [0.2, 0.25) is 5.02 Å². The average Bonchev–Trinajstić information content (AvgIpc) is 3.00. The number of esters is 1. The smallest absolute Gasteiger partial charge is 0.310 e. The molecule has 0 bridgehead atoms. The molecule has 0 spiro atoms. The molecule has 124 valence electrons. The van der Waals surface area contributed by atoms with E-state index in [1.807, 2.05) is 36.4 Å². The molecule has 0 aromatic heterocycles. The molecule has 1 aromatic rings. The summed E-state index contributed by atoms with van der Waals surface area (Å²) < 4.78 is 5.39. The second-order valence-corrected chi connectivity index (χ2v) is 7.37. The highest BCUT2D eigenvalue weighted by Crippen LogP contribution is 2.59. The first kappa shape index (κ1) is 17.8. The van der Waals surface area contributed by atoms with Crippen molar-refractivity contribution in [3.63, 3.8) is 0 Å². The van der Waals surface area contributed by atoms with Crippen LogP contribution in [-0.2, 0) is 16.0 Å². The zero-order valence-corrected chi connectivity index (χ0v) is 15.1. The third-order valence-corrected chi connectivity index (χ3v) is 4.83. The second-order valence-electron chi connectivity index (χ2n) is 6.97. The Morgan fingerprint density at radius 3 is 2.61 bits per heavy atom. The third-order valence-electron chi connectivity index (χ3n) is 4.46. The van der Waals surface area contributed by atoms with Gasteiger partial charge in [-0.1, -0.05) is 67.4 Å². The number of allylic oxidation sites excluding steroid dienone is 3. The van der Waals surface area contributed by atoms with Crippen LogP contribution < -0.4 is 0 Å². The molecule has 0 radical (unpaired) electrons. The first-order valence-corrected chi connectivity index (χ1v) is 8.42. The Morgan fingerprint density at radius 1 is 1.26 bits per heavy atom. The summed E-state index contributed by atoms with van der Waals surface area (Å²) in [6.45, 7) is 8.69. The lowest BCUT2D eigenvalue weighted by atomic mass is 10.1. The lowest BCUT2D eigenvalue weighted by Crippen LogP contribution is -2.10. The molecule has 0 heterocycles. The number of ether oxygens (including phenoxy) is 1. The van der Waals surface area contributed by atoms with Crippen LogP contribution in [0.1, 0.15) is 33.3 Å². The highest BCUT2D eigenvalue weighted by Gasteiger charge is 2.61. The van der Waals surface area contributed by atoms with E-state index in [9.17, 15) is 4.79 Å². The van der Waals surface area contributed by atoms with Crippen LogP contribution in [0.5, 0.6) is 0 Å². The van der Waals surface area contributed by atoms with Crippen molar-refractivity contribution in [2.24, 2.45) is 17.3 Å². The Balaban J connectivity index is 1.79. The van der Waals surface area contributed by atoms with Crippen LogP contribution >= 0.6 is 11.6 Å². The van der Waals surface area contributed by atoms with Crippen LogP contribution in [0.15, 0.2) is 48.1 Å². The molecule has 1 fully saturated rings. The van der Waals surface area contributed by atoms with Crippen molar-refractivity contribution in [1.82, 2.24) is 0 Å². The van der Waals surface area contributed by atoms with Gasteiger partial charge >= 0.3 is 5.97 Å². The van der Waals surface area contributed by atoms with Gasteiger partial charge in [0.05, 0.1) is 5.92 Å². The maximum atomic E-state index is 12.2. The Kier molecular flexibility index (Phi) is 5.69. The fraction of sp³-hybridized carbons (Fsp3) is 0.450. The lowest BCUT2D eigenvalue weighted by molar-refractivity contribution is -0.144. The van der Waals surface area contributed by atoms with Gasteiger partial charge in [-0.2, -0.15) is 0 Å². The minimum Gasteiger partial charge on any atom is -0.461 e. The largest absolute Gasteiger partial charge is 0.461 e.